The van der Waals surface area contributed by atoms with Crippen LogP contribution >= 0.6 is 0 Å². The molecule has 0 spiro atoms. The van der Waals surface area contributed by atoms with Gasteiger partial charge in [-0.1, -0.05) is 29.4 Å². The Balaban J connectivity index is 1.92. The minimum atomic E-state index is -0.424. The van der Waals surface area contributed by atoms with Crippen LogP contribution in [-0.2, 0) is 16.0 Å². The predicted octanol–water partition coefficient (Wildman–Crippen LogP) is 2.00. The molecule has 0 unspecified atom stereocenters. The van der Waals surface area contributed by atoms with Gasteiger partial charge in [0.2, 0.25) is 11.7 Å². The van der Waals surface area contributed by atoms with Gasteiger partial charge >= 0.3 is 5.97 Å². The van der Waals surface area contributed by atoms with E-state index in [0.717, 1.165) is 10.9 Å². The zero-order valence-corrected chi connectivity index (χ0v) is 10.7. The SMILES string of the molecule is COC(=O)Cc1nc(-c2ccc3ccccc3n2)no1. The maximum atomic E-state index is 11.1. The first-order valence-electron chi connectivity index (χ1n) is 6.02. The lowest BCUT2D eigenvalue weighted by molar-refractivity contribution is -0.140. The standard InChI is InChI=1S/C14H11N3O3/c1-19-13(18)8-12-16-14(17-20-12)11-7-6-9-4-2-3-5-10(9)15-11/h2-7H,8H2,1H3. The molecule has 6 heteroatoms. The Labute approximate surface area is 114 Å². The van der Waals surface area contributed by atoms with Crippen LogP contribution in [0, 0.1) is 0 Å². The van der Waals surface area contributed by atoms with E-state index in [-0.39, 0.29) is 12.3 Å². The van der Waals surface area contributed by atoms with Gasteiger partial charge in [-0.15, -0.1) is 0 Å². The van der Waals surface area contributed by atoms with Gasteiger partial charge in [0.1, 0.15) is 12.1 Å². The Morgan fingerprint density at radius 2 is 2.05 bits per heavy atom. The Bertz CT molecular complexity index is 767. The molecule has 2 aromatic heterocycles. The van der Waals surface area contributed by atoms with E-state index in [2.05, 4.69) is 19.9 Å². The fourth-order valence-corrected chi connectivity index (χ4v) is 1.82. The van der Waals surface area contributed by atoms with Crippen molar-refractivity contribution in [2.75, 3.05) is 7.11 Å². The molecule has 2 heterocycles. The van der Waals surface area contributed by atoms with Crippen molar-refractivity contribution >= 4 is 16.9 Å². The molecule has 0 fully saturated rings. The van der Waals surface area contributed by atoms with Crippen LogP contribution in [0.15, 0.2) is 40.9 Å². The van der Waals surface area contributed by atoms with E-state index in [1.165, 1.54) is 7.11 Å². The van der Waals surface area contributed by atoms with Gasteiger partial charge in [-0.25, -0.2) is 4.98 Å². The van der Waals surface area contributed by atoms with E-state index in [9.17, 15) is 4.79 Å². The molecular weight excluding hydrogens is 258 g/mol. The summed E-state index contributed by atoms with van der Waals surface area (Å²) in [6.07, 6.45) is -0.0446. The summed E-state index contributed by atoms with van der Waals surface area (Å²) in [5, 5.41) is 4.86. The maximum absolute atomic E-state index is 11.1. The smallest absolute Gasteiger partial charge is 0.315 e. The minimum absolute atomic E-state index is 0.0446. The van der Waals surface area contributed by atoms with Crippen molar-refractivity contribution in [3.8, 4) is 11.5 Å². The van der Waals surface area contributed by atoms with E-state index >= 15 is 0 Å². The number of rotatable bonds is 3. The highest BCUT2D eigenvalue weighted by atomic mass is 16.5. The van der Waals surface area contributed by atoms with Gasteiger partial charge in [-0.05, 0) is 12.1 Å². The van der Waals surface area contributed by atoms with Crippen LogP contribution in [0.1, 0.15) is 5.89 Å². The second-order valence-electron chi connectivity index (χ2n) is 4.15. The number of nitrogens with zero attached hydrogens (tertiary/aromatic N) is 3. The van der Waals surface area contributed by atoms with Gasteiger partial charge in [0.05, 0.1) is 12.6 Å². The molecule has 0 saturated carbocycles. The monoisotopic (exact) mass is 269 g/mol. The van der Waals surface area contributed by atoms with Crippen LogP contribution in [0.3, 0.4) is 0 Å². The molecule has 0 amide bonds. The molecule has 0 atom stereocenters. The quantitative estimate of drug-likeness (QED) is 0.677. The topological polar surface area (TPSA) is 78.1 Å². The first-order chi connectivity index (χ1) is 9.76. The summed E-state index contributed by atoms with van der Waals surface area (Å²) in [6, 6.07) is 11.5. The number of carbonyl (C=O) groups is 1. The molecule has 3 aromatic rings. The van der Waals surface area contributed by atoms with Crippen molar-refractivity contribution in [3.05, 3.63) is 42.3 Å². The number of hydrogen-bond donors (Lipinski definition) is 0. The summed E-state index contributed by atoms with van der Waals surface area (Å²) < 4.78 is 9.55. The zero-order chi connectivity index (χ0) is 13.9. The average Bonchev–Trinajstić information content (AvgIpc) is 2.95. The number of aromatic nitrogens is 3. The van der Waals surface area contributed by atoms with Crippen LogP contribution in [0.5, 0.6) is 0 Å². The van der Waals surface area contributed by atoms with Gasteiger partial charge < -0.3 is 9.26 Å². The Kier molecular flexibility index (Phi) is 3.12. The lowest BCUT2D eigenvalue weighted by Gasteiger charge is -1.98. The lowest BCUT2D eigenvalue weighted by atomic mass is 10.2. The Morgan fingerprint density at radius 1 is 1.20 bits per heavy atom. The molecule has 0 radical (unpaired) electrons. The number of fused-ring (bicyclic) bond motifs is 1. The second kappa shape index (κ2) is 5.08. The van der Waals surface area contributed by atoms with Crippen molar-refractivity contribution in [3.63, 3.8) is 0 Å². The number of hydrogen-bond acceptors (Lipinski definition) is 6. The minimum Gasteiger partial charge on any atom is -0.469 e. The van der Waals surface area contributed by atoms with E-state index in [4.69, 9.17) is 4.52 Å². The molecule has 0 aliphatic rings. The van der Waals surface area contributed by atoms with Crippen molar-refractivity contribution in [1.82, 2.24) is 15.1 Å². The van der Waals surface area contributed by atoms with Crippen LogP contribution < -0.4 is 0 Å². The number of methoxy groups -OCH3 is 1. The van der Waals surface area contributed by atoms with Crippen LogP contribution in [0.4, 0.5) is 0 Å². The van der Waals surface area contributed by atoms with E-state index in [0.29, 0.717) is 11.5 Å². The third-order valence-corrected chi connectivity index (χ3v) is 2.82. The molecule has 0 aliphatic heterocycles. The van der Waals surface area contributed by atoms with Crippen LogP contribution in [-0.4, -0.2) is 28.2 Å². The third-order valence-electron chi connectivity index (χ3n) is 2.82. The molecular formula is C14H11N3O3. The number of carbonyl (C=O) groups excluding carboxylic acids is 1. The number of esters is 1. The van der Waals surface area contributed by atoms with Crippen molar-refractivity contribution in [2.45, 2.75) is 6.42 Å². The highest BCUT2D eigenvalue weighted by molar-refractivity contribution is 5.80. The molecule has 0 N–H and O–H groups in total. The number of para-hydroxylation sites is 1. The van der Waals surface area contributed by atoms with E-state index in [1.54, 1.807) is 0 Å². The highest BCUT2D eigenvalue weighted by Crippen LogP contribution is 2.18. The average molecular weight is 269 g/mol. The number of ether oxygens (including phenoxy) is 1. The van der Waals surface area contributed by atoms with Crippen LogP contribution in [0.2, 0.25) is 0 Å². The van der Waals surface area contributed by atoms with Crippen molar-refractivity contribution in [1.29, 1.82) is 0 Å². The maximum Gasteiger partial charge on any atom is 0.315 e. The second-order valence-corrected chi connectivity index (χ2v) is 4.15. The van der Waals surface area contributed by atoms with E-state index in [1.807, 2.05) is 36.4 Å². The van der Waals surface area contributed by atoms with Gasteiger partial charge in [0.15, 0.2) is 0 Å². The van der Waals surface area contributed by atoms with Gasteiger partial charge in [0, 0.05) is 5.39 Å². The van der Waals surface area contributed by atoms with Crippen molar-refractivity contribution in [2.24, 2.45) is 0 Å². The van der Waals surface area contributed by atoms with E-state index < -0.39 is 5.97 Å². The van der Waals surface area contributed by atoms with Gasteiger partial charge in [0.25, 0.3) is 0 Å². The molecule has 0 bridgehead atoms. The number of pyridine rings is 1. The normalized spacial score (nSPS) is 10.7. The summed E-state index contributed by atoms with van der Waals surface area (Å²) in [7, 11) is 1.31. The predicted molar refractivity (Wildman–Crippen MR) is 70.8 cm³/mol. The molecule has 20 heavy (non-hydrogen) atoms. The lowest BCUT2D eigenvalue weighted by Crippen LogP contribution is -2.04. The first-order valence-corrected chi connectivity index (χ1v) is 6.02. The van der Waals surface area contributed by atoms with Gasteiger partial charge in [-0.2, -0.15) is 4.98 Å². The number of benzene rings is 1. The molecule has 0 aliphatic carbocycles. The summed E-state index contributed by atoms with van der Waals surface area (Å²) in [6.45, 7) is 0. The summed E-state index contributed by atoms with van der Waals surface area (Å²) in [4.78, 5) is 19.7. The Hall–Kier alpha value is -2.76. The molecule has 0 saturated heterocycles. The summed E-state index contributed by atoms with van der Waals surface area (Å²) in [5.74, 6) is 0.142. The van der Waals surface area contributed by atoms with Crippen LogP contribution in [0.25, 0.3) is 22.4 Å². The molecule has 3 rings (SSSR count). The molecule has 1 aromatic carbocycles. The summed E-state index contributed by atoms with van der Waals surface area (Å²) >= 11 is 0. The first kappa shape index (κ1) is 12.3. The molecule has 6 nitrogen and oxygen atoms in total. The fourth-order valence-electron chi connectivity index (χ4n) is 1.82. The summed E-state index contributed by atoms with van der Waals surface area (Å²) in [5.41, 5.74) is 1.45. The molecule has 100 valence electrons. The third kappa shape index (κ3) is 2.35. The van der Waals surface area contributed by atoms with Crippen molar-refractivity contribution < 1.29 is 14.1 Å². The largest absolute Gasteiger partial charge is 0.469 e. The highest BCUT2D eigenvalue weighted by Gasteiger charge is 2.13. The Morgan fingerprint density at radius 3 is 2.90 bits per heavy atom. The fraction of sp³-hybridized carbons (Fsp3) is 0.143. The van der Waals surface area contributed by atoms with Gasteiger partial charge in [-0.3, -0.25) is 4.79 Å². The zero-order valence-electron chi connectivity index (χ0n) is 10.7.